The third kappa shape index (κ3) is 3.33. The van der Waals surface area contributed by atoms with Gasteiger partial charge in [0.1, 0.15) is 11.5 Å². The number of nitrogens with zero attached hydrogens (tertiary/aromatic N) is 1. The molecule has 0 fully saturated rings. The van der Waals surface area contributed by atoms with Crippen LogP contribution in [0.15, 0.2) is 46.1 Å². The fourth-order valence-corrected chi connectivity index (χ4v) is 1.63. The Labute approximate surface area is 118 Å². The predicted molar refractivity (Wildman–Crippen MR) is 71.0 cm³/mol. The van der Waals surface area contributed by atoms with E-state index >= 15 is 0 Å². The van der Waals surface area contributed by atoms with Crippen molar-refractivity contribution in [2.45, 2.75) is 13.1 Å². The maximum absolute atomic E-state index is 12.6. The van der Waals surface area contributed by atoms with Crippen LogP contribution in [0.3, 0.4) is 0 Å². The second-order valence-corrected chi connectivity index (χ2v) is 4.39. The monoisotopic (exact) mass is 302 g/mol. The Bertz CT molecular complexity index is 621. The molecule has 1 aromatic carbocycles. The summed E-state index contributed by atoms with van der Waals surface area (Å²) in [6, 6.07) is 6.36. The van der Waals surface area contributed by atoms with Crippen molar-refractivity contribution in [1.29, 1.82) is 0 Å². The molecule has 3 nitrogen and oxygen atoms in total. The van der Waals surface area contributed by atoms with Crippen molar-refractivity contribution < 1.29 is 17.6 Å². The number of anilines is 1. The summed E-state index contributed by atoms with van der Waals surface area (Å²) in [4.78, 5) is 0. The van der Waals surface area contributed by atoms with Gasteiger partial charge in [-0.25, -0.2) is 0 Å². The van der Waals surface area contributed by atoms with Crippen LogP contribution in [0.4, 0.5) is 18.9 Å². The van der Waals surface area contributed by atoms with Gasteiger partial charge in [-0.1, -0.05) is 11.6 Å². The van der Waals surface area contributed by atoms with Crippen LogP contribution in [0.1, 0.15) is 18.2 Å². The van der Waals surface area contributed by atoms with E-state index in [0.717, 1.165) is 12.1 Å². The number of hydrazone groups is 1. The van der Waals surface area contributed by atoms with Crippen LogP contribution in [0, 0.1) is 0 Å². The number of benzene rings is 1. The average Bonchev–Trinajstić information content (AvgIpc) is 2.90. The number of alkyl halides is 3. The normalized spacial score (nSPS) is 12.6. The van der Waals surface area contributed by atoms with Gasteiger partial charge in [-0.05, 0) is 37.3 Å². The van der Waals surface area contributed by atoms with Gasteiger partial charge in [0.15, 0.2) is 0 Å². The van der Waals surface area contributed by atoms with Crippen molar-refractivity contribution in [1.82, 2.24) is 0 Å². The largest absolute Gasteiger partial charge is 0.463 e. The fraction of sp³-hybridized carbons (Fsp3) is 0.154. The second-order valence-electron chi connectivity index (χ2n) is 3.98. The summed E-state index contributed by atoms with van der Waals surface area (Å²) < 4.78 is 42.9. The molecular formula is C13H10ClF3N2O. The van der Waals surface area contributed by atoms with Crippen molar-refractivity contribution in [3.05, 3.63) is 52.9 Å². The summed E-state index contributed by atoms with van der Waals surface area (Å²) in [6.45, 7) is 1.66. The predicted octanol–water partition coefficient (Wildman–Crippen LogP) is 4.79. The minimum atomic E-state index is -4.43. The Morgan fingerprint density at radius 1 is 1.30 bits per heavy atom. The maximum Gasteiger partial charge on any atom is 0.416 e. The summed E-state index contributed by atoms with van der Waals surface area (Å²) >= 11 is 5.83. The van der Waals surface area contributed by atoms with E-state index < -0.39 is 11.7 Å². The van der Waals surface area contributed by atoms with Crippen LogP contribution in [0.5, 0.6) is 0 Å². The lowest BCUT2D eigenvalue weighted by atomic mass is 10.2. The second kappa shape index (κ2) is 5.58. The molecule has 2 rings (SSSR count). The summed E-state index contributed by atoms with van der Waals surface area (Å²) in [5.41, 5.74) is 2.28. The highest BCUT2D eigenvalue weighted by atomic mass is 35.5. The Balaban J connectivity index is 2.23. The SMILES string of the molecule is CC(=NNc1cc(C(F)(F)F)ccc1Cl)c1ccco1. The number of hydrogen-bond donors (Lipinski definition) is 1. The van der Waals surface area contributed by atoms with Gasteiger partial charge in [0.05, 0.1) is 22.5 Å². The molecule has 0 saturated carbocycles. The smallest absolute Gasteiger partial charge is 0.416 e. The summed E-state index contributed by atoms with van der Waals surface area (Å²) in [7, 11) is 0. The van der Waals surface area contributed by atoms with Gasteiger partial charge in [-0.2, -0.15) is 18.3 Å². The van der Waals surface area contributed by atoms with E-state index in [9.17, 15) is 13.2 Å². The van der Waals surface area contributed by atoms with Gasteiger partial charge < -0.3 is 4.42 Å². The van der Waals surface area contributed by atoms with Gasteiger partial charge >= 0.3 is 6.18 Å². The van der Waals surface area contributed by atoms with Crippen LogP contribution in [-0.4, -0.2) is 5.71 Å². The maximum atomic E-state index is 12.6. The van der Waals surface area contributed by atoms with Gasteiger partial charge in [0.25, 0.3) is 0 Å². The molecule has 0 radical (unpaired) electrons. The van der Waals surface area contributed by atoms with Crippen molar-refractivity contribution in [2.24, 2.45) is 5.10 Å². The van der Waals surface area contributed by atoms with Crippen LogP contribution in [0.2, 0.25) is 5.02 Å². The average molecular weight is 303 g/mol. The van der Waals surface area contributed by atoms with Crippen LogP contribution >= 0.6 is 11.6 Å². The number of halogens is 4. The standard InChI is InChI=1S/C13H10ClF3N2O/c1-8(12-3-2-6-20-12)18-19-11-7-9(13(15,16)17)4-5-10(11)14/h2-7,19H,1H3. The number of hydrogen-bond acceptors (Lipinski definition) is 3. The first-order valence-electron chi connectivity index (χ1n) is 5.59. The van der Waals surface area contributed by atoms with Crippen molar-refractivity contribution in [3.63, 3.8) is 0 Å². The van der Waals surface area contributed by atoms with Crippen LogP contribution < -0.4 is 5.43 Å². The molecule has 1 aromatic heterocycles. The lowest BCUT2D eigenvalue weighted by Crippen LogP contribution is -2.06. The van der Waals surface area contributed by atoms with Crippen molar-refractivity contribution in [3.8, 4) is 0 Å². The molecule has 1 N–H and O–H groups in total. The first-order valence-corrected chi connectivity index (χ1v) is 5.96. The van der Waals surface area contributed by atoms with Crippen LogP contribution in [0.25, 0.3) is 0 Å². The number of rotatable bonds is 3. The highest BCUT2D eigenvalue weighted by Crippen LogP contribution is 2.33. The van der Waals surface area contributed by atoms with E-state index in [1.54, 1.807) is 19.1 Å². The molecule has 2 aromatic rings. The zero-order chi connectivity index (χ0) is 14.8. The summed E-state index contributed by atoms with van der Waals surface area (Å²) in [6.07, 6.45) is -2.95. The fourth-order valence-electron chi connectivity index (χ4n) is 1.47. The molecule has 1 heterocycles. The molecule has 0 bridgehead atoms. The van der Waals surface area contributed by atoms with Crippen LogP contribution in [-0.2, 0) is 6.18 Å². The van der Waals surface area contributed by atoms with Gasteiger partial charge in [0.2, 0.25) is 0 Å². The molecule has 0 amide bonds. The Kier molecular flexibility index (Phi) is 4.04. The molecule has 0 aliphatic heterocycles. The Morgan fingerprint density at radius 2 is 2.05 bits per heavy atom. The lowest BCUT2D eigenvalue weighted by molar-refractivity contribution is -0.137. The number of furan rings is 1. The first kappa shape index (κ1) is 14.5. The quantitative estimate of drug-likeness (QED) is 0.654. The van der Waals surface area contributed by atoms with E-state index in [1.165, 1.54) is 12.3 Å². The zero-order valence-corrected chi connectivity index (χ0v) is 11.1. The van der Waals surface area contributed by atoms with Crippen molar-refractivity contribution >= 4 is 23.0 Å². The third-order valence-electron chi connectivity index (χ3n) is 2.52. The molecule has 0 spiro atoms. The third-order valence-corrected chi connectivity index (χ3v) is 2.85. The minimum absolute atomic E-state index is 0.0763. The topological polar surface area (TPSA) is 37.5 Å². The molecule has 0 aliphatic rings. The molecule has 0 unspecified atom stereocenters. The molecule has 20 heavy (non-hydrogen) atoms. The van der Waals surface area contributed by atoms with E-state index in [-0.39, 0.29) is 10.7 Å². The summed E-state index contributed by atoms with van der Waals surface area (Å²) in [5.74, 6) is 0.514. The zero-order valence-electron chi connectivity index (χ0n) is 10.3. The van der Waals surface area contributed by atoms with E-state index in [4.69, 9.17) is 16.0 Å². The van der Waals surface area contributed by atoms with E-state index in [1.807, 2.05) is 0 Å². The molecule has 106 valence electrons. The minimum Gasteiger partial charge on any atom is -0.463 e. The molecule has 0 atom stereocenters. The first-order chi connectivity index (χ1) is 9.38. The van der Waals surface area contributed by atoms with Gasteiger partial charge in [0, 0.05) is 0 Å². The molecule has 0 saturated heterocycles. The Morgan fingerprint density at radius 3 is 2.65 bits per heavy atom. The summed E-state index contributed by atoms with van der Waals surface area (Å²) in [5, 5.41) is 4.09. The highest BCUT2D eigenvalue weighted by Gasteiger charge is 2.30. The molecule has 0 aliphatic carbocycles. The highest BCUT2D eigenvalue weighted by molar-refractivity contribution is 6.33. The van der Waals surface area contributed by atoms with Gasteiger partial charge in [-0.15, -0.1) is 0 Å². The van der Waals surface area contributed by atoms with E-state index in [2.05, 4.69) is 10.5 Å². The van der Waals surface area contributed by atoms with Crippen molar-refractivity contribution in [2.75, 3.05) is 5.43 Å². The van der Waals surface area contributed by atoms with E-state index in [0.29, 0.717) is 11.5 Å². The lowest BCUT2D eigenvalue weighted by Gasteiger charge is -2.10. The molecule has 7 heteroatoms. The Hall–Kier alpha value is -1.95. The molecular weight excluding hydrogens is 293 g/mol. The number of nitrogens with one attached hydrogen (secondary N) is 1. The van der Waals surface area contributed by atoms with Gasteiger partial charge in [-0.3, -0.25) is 5.43 Å².